The summed E-state index contributed by atoms with van der Waals surface area (Å²) in [6.45, 7) is 3.53. The third-order valence-electron chi connectivity index (χ3n) is 7.76. The largest absolute Gasteiger partial charge is 0.489 e. The quantitative estimate of drug-likeness (QED) is 0.271. The third-order valence-corrected chi connectivity index (χ3v) is 7.76. The highest BCUT2D eigenvalue weighted by molar-refractivity contribution is 5.93. The summed E-state index contributed by atoms with van der Waals surface area (Å²) >= 11 is 0. The van der Waals surface area contributed by atoms with Crippen molar-refractivity contribution in [1.82, 2.24) is 15.7 Å². The summed E-state index contributed by atoms with van der Waals surface area (Å²) in [6.07, 6.45) is 9.73. The topological polar surface area (TPSA) is 73.8 Å². The van der Waals surface area contributed by atoms with Crippen molar-refractivity contribution in [2.75, 3.05) is 26.2 Å². The van der Waals surface area contributed by atoms with Gasteiger partial charge in [-0.2, -0.15) is 0 Å². The third kappa shape index (κ3) is 6.39. The van der Waals surface area contributed by atoms with E-state index in [1.165, 1.54) is 49.5 Å². The molecule has 0 unspecified atom stereocenters. The molecule has 37 heavy (non-hydrogen) atoms. The molecule has 1 amide bonds. The Morgan fingerprint density at radius 2 is 1.65 bits per heavy atom. The van der Waals surface area contributed by atoms with Crippen LogP contribution in [0.2, 0.25) is 0 Å². The van der Waals surface area contributed by atoms with Crippen molar-refractivity contribution in [3.05, 3.63) is 83.4 Å². The zero-order chi connectivity index (χ0) is 25.5. The van der Waals surface area contributed by atoms with Crippen LogP contribution >= 0.6 is 0 Å². The molecule has 2 aliphatic rings. The van der Waals surface area contributed by atoms with Crippen molar-refractivity contribution in [2.24, 2.45) is 0 Å². The maximum atomic E-state index is 11.8. The minimum Gasteiger partial charge on any atom is -0.489 e. The summed E-state index contributed by atoms with van der Waals surface area (Å²) in [4.78, 5) is 14.5. The Hall–Kier alpha value is -3.19. The smallest absolute Gasteiger partial charge is 0.274 e. The molecule has 0 aromatic heterocycles. The number of carbonyl (C=O) groups excluding carboxylic acids is 1. The molecule has 1 aliphatic heterocycles. The standard InChI is InChI=1S/C31H37N3O3/c35-31(33-36)26-14-12-23(13-15-26)20-24(22-37-30-11-5-7-25-6-1-4-10-29(25)30)21-34(27-8-2-3-9-27)28-16-18-32-19-17-28/h1,4-7,10-15,20,27-28,32,36H,2-3,8-9,16-19,21-22H2,(H,33,35)/b24-20-. The van der Waals surface area contributed by atoms with Crippen LogP contribution in [-0.2, 0) is 0 Å². The van der Waals surface area contributed by atoms with Crippen LogP contribution in [0.5, 0.6) is 5.75 Å². The lowest BCUT2D eigenvalue weighted by Crippen LogP contribution is -2.48. The second-order valence-electron chi connectivity index (χ2n) is 10.2. The fourth-order valence-electron chi connectivity index (χ4n) is 5.82. The van der Waals surface area contributed by atoms with E-state index < -0.39 is 5.91 Å². The molecule has 2 fully saturated rings. The monoisotopic (exact) mass is 499 g/mol. The number of hydrogen-bond acceptors (Lipinski definition) is 5. The fourth-order valence-corrected chi connectivity index (χ4v) is 5.82. The number of fused-ring (bicyclic) bond motifs is 1. The molecule has 5 rings (SSSR count). The Bertz CT molecular complexity index is 1210. The molecule has 3 aromatic rings. The summed E-state index contributed by atoms with van der Waals surface area (Å²) in [7, 11) is 0. The van der Waals surface area contributed by atoms with Crippen LogP contribution in [0, 0.1) is 0 Å². The summed E-state index contributed by atoms with van der Waals surface area (Å²) in [5.41, 5.74) is 4.36. The Morgan fingerprint density at radius 1 is 0.946 bits per heavy atom. The molecule has 1 saturated carbocycles. The fraction of sp³-hybridized carbons (Fsp3) is 0.387. The van der Waals surface area contributed by atoms with E-state index in [-0.39, 0.29) is 0 Å². The Morgan fingerprint density at radius 3 is 2.41 bits per heavy atom. The number of ether oxygens (including phenoxy) is 1. The number of amides is 1. The molecule has 6 nitrogen and oxygen atoms in total. The number of hydrogen-bond donors (Lipinski definition) is 3. The van der Waals surface area contributed by atoms with Crippen LogP contribution < -0.4 is 15.5 Å². The number of nitrogens with one attached hydrogen (secondary N) is 2. The lowest BCUT2D eigenvalue weighted by atomic mass is 9.99. The molecule has 6 heteroatoms. The van der Waals surface area contributed by atoms with E-state index in [2.05, 4.69) is 46.6 Å². The van der Waals surface area contributed by atoms with E-state index in [1.54, 1.807) is 17.6 Å². The number of piperidine rings is 1. The van der Waals surface area contributed by atoms with E-state index in [1.807, 2.05) is 24.3 Å². The van der Waals surface area contributed by atoms with Gasteiger partial charge in [-0.3, -0.25) is 14.9 Å². The first-order chi connectivity index (χ1) is 18.2. The molecule has 3 N–H and O–H groups in total. The Balaban J connectivity index is 1.42. The van der Waals surface area contributed by atoms with Crippen molar-refractivity contribution < 1.29 is 14.7 Å². The second kappa shape index (κ2) is 12.4. The van der Waals surface area contributed by atoms with E-state index in [9.17, 15) is 4.79 Å². The van der Waals surface area contributed by atoms with Gasteiger partial charge in [0.05, 0.1) is 0 Å². The maximum Gasteiger partial charge on any atom is 0.274 e. The molecule has 194 valence electrons. The van der Waals surface area contributed by atoms with Crippen molar-refractivity contribution in [2.45, 2.75) is 50.6 Å². The van der Waals surface area contributed by atoms with Gasteiger partial charge in [0.2, 0.25) is 0 Å². The van der Waals surface area contributed by atoms with Crippen LogP contribution in [-0.4, -0.2) is 54.3 Å². The lowest BCUT2D eigenvalue weighted by molar-refractivity contribution is 0.0706. The van der Waals surface area contributed by atoms with Crippen LogP contribution in [0.1, 0.15) is 54.4 Å². The zero-order valence-electron chi connectivity index (χ0n) is 21.4. The first-order valence-electron chi connectivity index (χ1n) is 13.5. The summed E-state index contributed by atoms with van der Waals surface area (Å²) in [5.74, 6) is 0.390. The van der Waals surface area contributed by atoms with Gasteiger partial charge in [-0.05, 0) is 73.5 Å². The first kappa shape index (κ1) is 25.5. The average molecular weight is 500 g/mol. The normalized spacial score (nSPS) is 17.4. The number of hydroxylamine groups is 1. The Kier molecular flexibility index (Phi) is 8.51. The molecule has 0 bridgehead atoms. The number of carbonyl (C=O) groups is 1. The van der Waals surface area contributed by atoms with Crippen LogP contribution in [0.3, 0.4) is 0 Å². The van der Waals surface area contributed by atoms with Crippen LogP contribution in [0.4, 0.5) is 0 Å². The Labute approximate surface area is 219 Å². The summed E-state index contributed by atoms with van der Waals surface area (Å²) in [6, 6.07) is 23.1. The number of rotatable bonds is 9. The van der Waals surface area contributed by atoms with E-state index in [0.29, 0.717) is 24.3 Å². The van der Waals surface area contributed by atoms with E-state index in [4.69, 9.17) is 9.94 Å². The van der Waals surface area contributed by atoms with E-state index in [0.717, 1.165) is 36.3 Å². The molecule has 1 saturated heterocycles. The predicted octanol–water partition coefficient (Wildman–Crippen LogP) is 5.42. The number of nitrogens with zero attached hydrogens (tertiary/aromatic N) is 1. The maximum absolute atomic E-state index is 11.8. The van der Waals surface area contributed by atoms with Crippen molar-refractivity contribution in [3.8, 4) is 5.75 Å². The van der Waals surface area contributed by atoms with Gasteiger partial charge in [-0.25, -0.2) is 5.48 Å². The molecule has 0 atom stereocenters. The summed E-state index contributed by atoms with van der Waals surface area (Å²) in [5, 5.41) is 14.8. The molecule has 0 spiro atoms. The molecule has 1 aliphatic carbocycles. The number of benzene rings is 3. The molecule has 0 radical (unpaired) electrons. The molecular formula is C31H37N3O3. The molecular weight excluding hydrogens is 462 g/mol. The minimum atomic E-state index is -0.506. The van der Waals surface area contributed by atoms with Gasteiger partial charge in [0.1, 0.15) is 12.4 Å². The first-order valence-corrected chi connectivity index (χ1v) is 13.5. The van der Waals surface area contributed by atoms with Gasteiger partial charge in [-0.15, -0.1) is 0 Å². The van der Waals surface area contributed by atoms with Gasteiger partial charge in [0.15, 0.2) is 0 Å². The van der Waals surface area contributed by atoms with Gasteiger partial charge >= 0.3 is 0 Å². The van der Waals surface area contributed by atoms with Crippen LogP contribution in [0.15, 0.2) is 72.3 Å². The highest BCUT2D eigenvalue weighted by Gasteiger charge is 2.30. The van der Waals surface area contributed by atoms with Gasteiger partial charge in [0, 0.05) is 29.6 Å². The summed E-state index contributed by atoms with van der Waals surface area (Å²) < 4.78 is 6.48. The SMILES string of the molecule is O=C(NO)c1ccc(/C=C(\COc2cccc3ccccc23)CN(C2CCCC2)C2CCNCC2)cc1. The van der Waals surface area contributed by atoms with Crippen molar-refractivity contribution in [1.29, 1.82) is 0 Å². The zero-order valence-corrected chi connectivity index (χ0v) is 21.4. The highest BCUT2D eigenvalue weighted by Crippen LogP contribution is 2.30. The lowest BCUT2D eigenvalue weighted by Gasteiger charge is -2.39. The van der Waals surface area contributed by atoms with Crippen molar-refractivity contribution in [3.63, 3.8) is 0 Å². The highest BCUT2D eigenvalue weighted by atomic mass is 16.5. The van der Waals surface area contributed by atoms with E-state index >= 15 is 0 Å². The van der Waals surface area contributed by atoms with Gasteiger partial charge in [0.25, 0.3) is 5.91 Å². The predicted molar refractivity (Wildman–Crippen MR) is 148 cm³/mol. The van der Waals surface area contributed by atoms with Gasteiger partial charge < -0.3 is 10.1 Å². The average Bonchev–Trinajstić information content (AvgIpc) is 3.49. The van der Waals surface area contributed by atoms with Crippen LogP contribution in [0.25, 0.3) is 16.8 Å². The second-order valence-corrected chi connectivity index (χ2v) is 10.2. The van der Waals surface area contributed by atoms with Crippen molar-refractivity contribution >= 4 is 22.8 Å². The minimum absolute atomic E-state index is 0.426. The molecule has 1 heterocycles. The molecule has 3 aromatic carbocycles. The van der Waals surface area contributed by atoms with Gasteiger partial charge in [-0.1, -0.05) is 67.4 Å².